The molecule has 5 rings (SSSR count). The first-order chi connectivity index (χ1) is 15.2. The molecule has 9 heteroatoms. The van der Waals surface area contributed by atoms with Crippen LogP contribution in [0.5, 0.6) is 0 Å². The van der Waals surface area contributed by atoms with Crippen LogP contribution in [0.3, 0.4) is 0 Å². The third kappa shape index (κ3) is 4.04. The van der Waals surface area contributed by atoms with Gasteiger partial charge in [-0.15, -0.1) is 0 Å². The van der Waals surface area contributed by atoms with Gasteiger partial charge in [0.1, 0.15) is 22.0 Å². The van der Waals surface area contributed by atoms with Crippen LogP contribution in [-0.2, 0) is 0 Å². The number of carbonyl (C=O) groups is 1. The number of hydrogen-bond donors (Lipinski definition) is 1. The van der Waals surface area contributed by atoms with Crippen LogP contribution < -0.4 is 10.2 Å². The van der Waals surface area contributed by atoms with Crippen molar-refractivity contribution in [3.63, 3.8) is 0 Å². The number of fused-ring (bicyclic) bond motifs is 1. The Morgan fingerprint density at radius 2 is 1.81 bits per heavy atom. The predicted molar refractivity (Wildman–Crippen MR) is 119 cm³/mol. The van der Waals surface area contributed by atoms with Crippen LogP contribution in [0.1, 0.15) is 10.4 Å². The summed E-state index contributed by atoms with van der Waals surface area (Å²) in [5, 5.41) is 3.99. The van der Waals surface area contributed by atoms with Crippen molar-refractivity contribution in [1.82, 2.24) is 19.9 Å². The molecule has 1 fully saturated rings. The van der Waals surface area contributed by atoms with E-state index >= 15 is 0 Å². The lowest BCUT2D eigenvalue weighted by Gasteiger charge is -2.34. The third-order valence-corrected chi connectivity index (χ3v) is 6.16. The average molecular weight is 435 g/mol. The lowest BCUT2D eigenvalue weighted by molar-refractivity contribution is 0.0747. The second kappa shape index (κ2) is 8.27. The monoisotopic (exact) mass is 434 g/mol. The van der Waals surface area contributed by atoms with Gasteiger partial charge in [-0.25, -0.2) is 19.3 Å². The Morgan fingerprint density at radius 1 is 1.00 bits per heavy atom. The highest BCUT2D eigenvalue weighted by Crippen LogP contribution is 2.28. The van der Waals surface area contributed by atoms with Crippen molar-refractivity contribution in [2.45, 2.75) is 0 Å². The van der Waals surface area contributed by atoms with Gasteiger partial charge in [-0.2, -0.15) is 0 Å². The zero-order valence-electron chi connectivity index (χ0n) is 16.5. The second-order valence-electron chi connectivity index (χ2n) is 7.14. The zero-order valence-corrected chi connectivity index (χ0v) is 17.3. The molecule has 0 bridgehead atoms. The number of nitrogens with zero attached hydrogens (tertiary/aromatic N) is 5. The molecule has 4 aromatic rings. The molecule has 0 aliphatic carbocycles. The minimum atomic E-state index is -0.352. The van der Waals surface area contributed by atoms with Gasteiger partial charge in [-0.1, -0.05) is 17.4 Å². The fraction of sp³-hybridized carbons (Fsp3) is 0.182. The molecule has 1 aromatic carbocycles. The maximum Gasteiger partial charge on any atom is 0.257 e. The maximum atomic E-state index is 13.5. The number of hydrogen-bond acceptors (Lipinski definition) is 7. The molecule has 1 aliphatic rings. The summed E-state index contributed by atoms with van der Waals surface area (Å²) in [5.74, 6) is -0.0367. The Morgan fingerprint density at radius 3 is 2.61 bits per heavy atom. The number of nitrogens with one attached hydrogen (secondary N) is 1. The van der Waals surface area contributed by atoms with Crippen LogP contribution in [0.2, 0.25) is 0 Å². The lowest BCUT2D eigenvalue weighted by atomic mass is 10.2. The van der Waals surface area contributed by atoms with E-state index in [2.05, 4.69) is 25.2 Å². The normalized spacial score (nSPS) is 14.1. The number of halogens is 1. The number of aromatic nitrogens is 3. The molecule has 3 aromatic heterocycles. The molecule has 0 spiro atoms. The number of piperazine rings is 1. The maximum absolute atomic E-state index is 13.5. The molecule has 0 atom stereocenters. The van der Waals surface area contributed by atoms with Gasteiger partial charge in [-0.05, 0) is 42.5 Å². The van der Waals surface area contributed by atoms with E-state index in [4.69, 9.17) is 0 Å². The molecule has 0 unspecified atom stereocenters. The van der Waals surface area contributed by atoms with Crippen molar-refractivity contribution in [3.8, 4) is 0 Å². The summed E-state index contributed by atoms with van der Waals surface area (Å²) in [5.41, 5.74) is 1.90. The molecule has 0 radical (unpaired) electrons. The van der Waals surface area contributed by atoms with Crippen molar-refractivity contribution < 1.29 is 9.18 Å². The quantitative estimate of drug-likeness (QED) is 0.525. The van der Waals surface area contributed by atoms with Crippen LogP contribution in [0, 0.1) is 5.82 Å². The Bertz CT molecular complexity index is 1200. The SMILES string of the molecule is O=C(c1cccnc1Nc1cccc(F)c1)N1CCN(c2nc3cccnc3s2)CC1. The van der Waals surface area contributed by atoms with Crippen LogP contribution in [0.4, 0.5) is 21.0 Å². The minimum Gasteiger partial charge on any atom is -0.344 e. The molecule has 0 saturated carbocycles. The van der Waals surface area contributed by atoms with Gasteiger partial charge in [0.15, 0.2) is 5.13 Å². The summed E-state index contributed by atoms with van der Waals surface area (Å²) in [6, 6.07) is 13.4. The van der Waals surface area contributed by atoms with E-state index in [1.165, 1.54) is 12.1 Å². The van der Waals surface area contributed by atoms with Crippen molar-refractivity contribution in [3.05, 3.63) is 72.3 Å². The van der Waals surface area contributed by atoms with Crippen molar-refractivity contribution >= 4 is 44.2 Å². The molecule has 1 aliphatic heterocycles. The van der Waals surface area contributed by atoms with E-state index in [-0.39, 0.29) is 11.7 Å². The first-order valence-electron chi connectivity index (χ1n) is 9.91. The summed E-state index contributed by atoms with van der Waals surface area (Å²) < 4.78 is 13.5. The summed E-state index contributed by atoms with van der Waals surface area (Å²) in [4.78, 5) is 31.4. The van der Waals surface area contributed by atoms with Gasteiger partial charge in [-0.3, -0.25) is 4.79 Å². The van der Waals surface area contributed by atoms with Gasteiger partial charge >= 0.3 is 0 Å². The number of thiazole rings is 1. The number of pyridine rings is 2. The van der Waals surface area contributed by atoms with Crippen molar-refractivity contribution in [2.24, 2.45) is 0 Å². The molecule has 156 valence electrons. The van der Waals surface area contributed by atoms with E-state index in [0.29, 0.717) is 43.2 Å². The first kappa shape index (κ1) is 19.4. The molecule has 4 heterocycles. The smallest absolute Gasteiger partial charge is 0.257 e. The van der Waals surface area contributed by atoms with Gasteiger partial charge in [0, 0.05) is 44.3 Å². The second-order valence-corrected chi connectivity index (χ2v) is 8.09. The molecule has 31 heavy (non-hydrogen) atoms. The Kier molecular flexibility index (Phi) is 5.17. The van der Waals surface area contributed by atoms with Crippen molar-refractivity contribution in [2.75, 3.05) is 36.4 Å². The number of anilines is 3. The summed E-state index contributed by atoms with van der Waals surface area (Å²) in [7, 11) is 0. The average Bonchev–Trinajstić information content (AvgIpc) is 3.24. The molecule has 7 nitrogen and oxygen atoms in total. The van der Waals surface area contributed by atoms with E-state index in [1.807, 2.05) is 17.0 Å². The standard InChI is InChI=1S/C22H19FN6OS/c23-15-4-1-5-16(14-15)26-19-17(6-2-8-24-19)21(30)28-10-12-29(13-11-28)22-27-18-7-3-9-25-20(18)31-22/h1-9,14H,10-13H2,(H,24,26). The largest absolute Gasteiger partial charge is 0.344 e. The van der Waals surface area contributed by atoms with E-state index in [9.17, 15) is 9.18 Å². The molecular weight excluding hydrogens is 415 g/mol. The van der Waals surface area contributed by atoms with Gasteiger partial charge in [0.25, 0.3) is 5.91 Å². The van der Waals surface area contributed by atoms with Crippen LogP contribution in [-0.4, -0.2) is 51.9 Å². The minimum absolute atomic E-state index is 0.0994. The fourth-order valence-corrected chi connectivity index (χ4v) is 4.51. The molecule has 1 amide bonds. The Balaban J connectivity index is 1.29. The Labute approximate surface area is 182 Å². The van der Waals surface area contributed by atoms with Crippen LogP contribution in [0.25, 0.3) is 10.3 Å². The van der Waals surface area contributed by atoms with Gasteiger partial charge in [0.05, 0.1) is 5.56 Å². The lowest BCUT2D eigenvalue weighted by Crippen LogP contribution is -2.48. The highest BCUT2D eigenvalue weighted by molar-refractivity contribution is 7.21. The molecule has 1 N–H and O–H groups in total. The van der Waals surface area contributed by atoms with E-state index in [0.717, 1.165) is 15.5 Å². The number of benzene rings is 1. The van der Waals surface area contributed by atoms with Gasteiger partial charge in [0.2, 0.25) is 0 Å². The van der Waals surface area contributed by atoms with E-state index in [1.54, 1.807) is 48.0 Å². The first-order valence-corrected chi connectivity index (χ1v) is 10.7. The van der Waals surface area contributed by atoms with Crippen LogP contribution in [0.15, 0.2) is 60.9 Å². The Hall–Kier alpha value is -3.59. The molecule has 1 saturated heterocycles. The number of carbonyl (C=O) groups excluding carboxylic acids is 1. The topological polar surface area (TPSA) is 74.2 Å². The number of amides is 1. The fourth-order valence-electron chi connectivity index (χ4n) is 3.55. The van der Waals surface area contributed by atoms with Crippen LogP contribution >= 0.6 is 11.3 Å². The highest BCUT2D eigenvalue weighted by Gasteiger charge is 2.26. The van der Waals surface area contributed by atoms with Crippen molar-refractivity contribution in [1.29, 1.82) is 0 Å². The highest BCUT2D eigenvalue weighted by atomic mass is 32.1. The third-order valence-electron chi connectivity index (χ3n) is 5.12. The number of rotatable bonds is 4. The molecular formula is C22H19FN6OS. The summed E-state index contributed by atoms with van der Waals surface area (Å²) in [6.07, 6.45) is 3.38. The van der Waals surface area contributed by atoms with Gasteiger partial charge < -0.3 is 15.1 Å². The summed E-state index contributed by atoms with van der Waals surface area (Å²) in [6.45, 7) is 2.55. The van der Waals surface area contributed by atoms with E-state index < -0.39 is 0 Å². The summed E-state index contributed by atoms with van der Waals surface area (Å²) >= 11 is 1.56. The predicted octanol–water partition coefficient (Wildman–Crippen LogP) is 3.93. The zero-order chi connectivity index (χ0) is 21.2.